The van der Waals surface area contributed by atoms with Crippen LogP contribution in [0.3, 0.4) is 0 Å². The summed E-state index contributed by atoms with van der Waals surface area (Å²) in [6, 6.07) is -0.888. The van der Waals surface area contributed by atoms with Crippen molar-refractivity contribution >= 4 is 58.9 Å². The molecule has 0 spiro atoms. The first-order chi connectivity index (χ1) is 32.8. The summed E-state index contributed by atoms with van der Waals surface area (Å²) in [6.07, 6.45) is 2.42. The van der Waals surface area contributed by atoms with Crippen molar-refractivity contribution in [3.05, 3.63) is 34.3 Å². The Bertz CT molecular complexity index is 2340. The smallest absolute Gasteiger partial charge is 0.306 e. The van der Waals surface area contributed by atoms with E-state index < -0.39 is 98.7 Å². The second kappa shape index (κ2) is 21.4. The highest BCUT2D eigenvalue weighted by molar-refractivity contribution is 6.10. The maximum Gasteiger partial charge on any atom is 0.306 e. The molecule has 70 heavy (non-hydrogen) atoms. The van der Waals surface area contributed by atoms with Gasteiger partial charge < -0.3 is 38.5 Å². The van der Waals surface area contributed by atoms with Gasteiger partial charge in [-0.05, 0) is 63.7 Å². The first-order valence-electron chi connectivity index (χ1n) is 24.0. The quantitative estimate of drug-likeness (QED) is 0.0665. The van der Waals surface area contributed by atoms with Crippen LogP contribution in [0.15, 0.2) is 49.3 Å². The van der Waals surface area contributed by atoms with Gasteiger partial charge in [0.05, 0.1) is 80.6 Å². The highest BCUT2D eigenvalue weighted by Crippen LogP contribution is 2.62. The number of hydrogen-bond donors (Lipinski definition) is 1. The fourth-order valence-electron chi connectivity index (χ4n) is 12.3. The molecule has 1 fully saturated rings. The third-order valence-electron chi connectivity index (χ3n) is 16.8. The van der Waals surface area contributed by atoms with E-state index in [-0.39, 0.29) is 64.2 Å². The minimum absolute atomic E-state index is 0.0103. The van der Waals surface area contributed by atoms with Gasteiger partial charge in [-0.15, -0.1) is 0 Å². The Kier molecular flexibility index (Phi) is 16.9. The molecule has 18 nitrogen and oxygen atoms in total. The third kappa shape index (κ3) is 9.97. The van der Waals surface area contributed by atoms with E-state index in [0.29, 0.717) is 51.8 Å². The van der Waals surface area contributed by atoms with Crippen LogP contribution in [0.2, 0.25) is 0 Å². The van der Waals surface area contributed by atoms with Gasteiger partial charge in [0, 0.05) is 105 Å². The predicted molar refractivity (Wildman–Crippen MR) is 258 cm³/mol. The van der Waals surface area contributed by atoms with Gasteiger partial charge in [0.1, 0.15) is 0 Å². The molecular formula is C52H74N4O14. The topological polar surface area (TPSA) is 233 Å². The van der Waals surface area contributed by atoms with Crippen LogP contribution in [-0.4, -0.2) is 120 Å². The number of fused-ring (bicyclic) bond motifs is 6. The largest absolute Gasteiger partial charge is 0.469 e. The van der Waals surface area contributed by atoms with Crippen LogP contribution >= 0.6 is 0 Å². The summed E-state index contributed by atoms with van der Waals surface area (Å²) in [5.74, 6) is -5.67. The maximum absolute atomic E-state index is 14.0. The molecule has 1 saturated heterocycles. The third-order valence-corrected chi connectivity index (χ3v) is 16.8. The molecule has 0 aromatic carbocycles. The second-order valence-electron chi connectivity index (χ2n) is 20.7. The fourth-order valence-corrected chi connectivity index (χ4v) is 12.3. The van der Waals surface area contributed by atoms with Crippen LogP contribution in [0.1, 0.15) is 126 Å². The Hall–Kier alpha value is -5.68. The zero-order chi connectivity index (χ0) is 52.3. The van der Waals surface area contributed by atoms with Gasteiger partial charge in [0.2, 0.25) is 0 Å². The molecule has 0 aromatic rings. The SMILES string of the molecule is CO[13C](=[18O])C[C@@]1(C)[C@H](CC[13C](=[18O])[18O]C)C2=N[C@@]1(C)[C@@H]1N=C(/C(C)=C3N=C(/C=C4\N/C(=C\2C)[C@@](C)(C[13C](=[18O])[18O]C)[C@@H]4CC[13C](=[18O])[18O]C)C(C)(C)[C@@H]\3CC[13C](=[18O])[18O]C)[C@](C)(CC[13C](=[18O])[18O]C)[C@H]1C[13C](=[18O])[18O]C. The van der Waals surface area contributed by atoms with Crippen LogP contribution in [0.5, 0.6) is 0 Å². The Balaban J connectivity index is 2.05. The standard InChI is InChI=1S/C52H74N4O14/c1-28-43-31(17-20-37(58)65-10)48(3,4)35(54-43)25-34-30(16-19-36(57)64-9)50(6,26-41(62)69-14)46(53-34)29(2)44-32(18-21-38(59)66-11)51(7,27-42(63)70-15)52(8,56-44)47-33(24-40(61)68-13)49(5,45(28)55-47)23-22-39(60)67-12/h25,30-33,47,53H,16-24,26-27H2,1-15H3/b34-25-,43-28-,46-29-/t30-,31-,32-,33+,47-,49-,50+,51+,52+/m1/s1/i36+1,37+1,38+1,39+1,40+1,41+1,42+1,57+2,58+2,59+2,60+2,61+2,62+2,63+2,64+2,65+2,66+2,67+2,68+2,69+2. The Morgan fingerprint density at radius 3 is 1.69 bits per heavy atom. The molecule has 9 atom stereocenters. The fraction of sp³-hybridized carbons (Fsp3) is 0.692. The zero-order valence-electron chi connectivity index (χ0n) is 43.8. The average molecular weight is 1010 g/mol. The summed E-state index contributed by atoms with van der Waals surface area (Å²) >= 11 is 0. The minimum atomic E-state index is -1.37. The first-order valence-corrected chi connectivity index (χ1v) is 24.0. The van der Waals surface area contributed by atoms with Gasteiger partial charge in [-0.3, -0.25) is 48.5 Å². The maximum atomic E-state index is 14.0. The number of esters is 7. The number of allylic oxidation sites excluding steroid dienone is 6. The van der Waals surface area contributed by atoms with Gasteiger partial charge in [0.15, 0.2) is 0 Å². The van der Waals surface area contributed by atoms with Crippen LogP contribution < -0.4 is 5.32 Å². The van der Waals surface area contributed by atoms with Gasteiger partial charge in [-0.2, -0.15) is 0 Å². The summed E-state index contributed by atoms with van der Waals surface area (Å²) < 4.78 is 36.8. The van der Waals surface area contributed by atoms with Crippen molar-refractivity contribution in [1.29, 1.82) is 0 Å². The van der Waals surface area contributed by atoms with E-state index >= 15 is 0 Å². The number of ether oxygens (including phenoxy) is 7. The first kappa shape index (κ1) is 55.2. The number of carbonyl (C=O) groups is 7. The Labute approximate surface area is 411 Å². The van der Waals surface area contributed by atoms with Gasteiger partial charge >= 0.3 is 41.8 Å². The van der Waals surface area contributed by atoms with E-state index in [0.717, 1.165) is 0 Å². The number of rotatable bonds is 18. The van der Waals surface area contributed by atoms with Crippen molar-refractivity contribution in [2.45, 2.75) is 138 Å². The number of aliphatic imine (C=N–C) groups is 3. The average Bonchev–Trinajstić information content (AvgIpc) is 3.95. The normalized spacial score (nSPS) is 33.4. The highest BCUT2D eigenvalue weighted by Gasteiger charge is 2.66. The van der Waals surface area contributed by atoms with Gasteiger partial charge in [-0.1, -0.05) is 34.6 Å². The Morgan fingerprint density at radius 1 is 0.643 bits per heavy atom. The van der Waals surface area contributed by atoms with E-state index in [4.69, 9.17) is 48.1 Å². The van der Waals surface area contributed by atoms with Crippen LogP contribution in [0, 0.1) is 45.3 Å². The van der Waals surface area contributed by atoms with Crippen LogP contribution in [0.25, 0.3) is 0 Å². The molecule has 0 saturated carbocycles. The summed E-state index contributed by atoms with van der Waals surface area (Å²) in [4.78, 5) is 111. The van der Waals surface area contributed by atoms with Gasteiger partial charge in [0.25, 0.3) is 0 Å². The zero-order valence-corrected chi connectivity index (χ0v) is 43.8. The molecule has 386 valence electrons. The van der Waals surface area contributed by atoms with Crippen LogP contribution in [0.4, 0.5) is 0 Å². The summed E-state index contributed by atoms with van der Waals surface area (Å²) in [7, 11) is 9.21. The molecule has 8 bridgehead atoms. The number of nitrogens with one attached hydrogen (secondary N) is 1. The lowest BCUT2D eigenvalue weighted by atomic mass is 9.57. The molecule has 5 rings (SSSR count). The Morgan fingerprint density at radius 2 is 1.16 bits per heavy atom. The van der Waals surface area contributed by atoms with Crippen molar-refractivity contribution in [3.8, 4) is 0 Å². The molecular weight excluding hydrogens is 938 g/mol. The number of hydrogen-bond acceptors (Lipinski definition) is 18. The van der Waals surface area contributed by atoms with Crippen molar-refractivity contribution < 1.29 is 66.7 Å². The molecule has 0 aliphatic carbocycles. The number of carbonyl (C=O) groups excluding carboxylic acids is 7. The van der Waals surface area contributed by atoms with E-state index in [9.17, 15) is 33.6 Å². The molecule has 0 radical (unpaired) electrons. The predicted octanol–water partition coefficient (Wildman–Crippen LogP) is 6.54. The molecule has 0 aromatic heterocycles. The molecule has 18 heteroatoms. The van der Waals surface area contributed by atoms with Crippen molar-refractivity contribution in [1.82, 2.24) is 5.32 Å². The lowest BCUT2D eigenvalue weighted by Crippen LogP contribution is -2.55. The van der Waals surface area contributed by atoms with Crippen LogP contribution in [-0.2, 0) is 66.7 Å². The second-order valence-corrected chi connectivity index (χ2v) is 20.7. The molecule has 5 aliphatic heterocycles. The summed E-state index contributed by atoms with van der Waals surface area (Å²) in [5, 5.41) is 3.73. The van der Waals surface area contributed by atoms with Crippen molar-refractivity contribution in [3.63, 3.8) is 0 Å². The minimum Gasteiger partial charge on any atom is -0.469 e. The lowest BCUT2D eigenvalue weighted by Gasteiger charge is -2.48. The molecule has 0 unspecified atom stereocenters. The van der Waals surface area contributed by atoms with Gasteiger partial charge in [-0.25, -0.2) is 0 Å². The summed E-state index contributed by atoms with van der Waals surface area (Å²) in [6.45, 7) is 15.7. The van der Waals surface area contributed by atoms with E-state index in [1.807, 2.05) is 47.6 Å². The molecule has 5 heterocycles. The monoisotopic (exact) mass is 1010 g/mol. The van der Waals surface area contributed by atoms with E-state index in [1.165, 1.54) is 49.8 Å². The number of methoxy groups -OCH3 is 7. The van der Waals surface area contributed by atoms with E-state index in [2.05, 4.69) is 19.2 Å². The van der Waals surface area contributed by atoms with E-state index in [1.54, 1.807) is 0 Å². The molecule has 1 N–H and O–H groups in total. The van der Waals surface area contributed by atoms with Crippen molar-refractivity contribution in [2.75, 3.05) is 49.8 Å². The number of nitrogens with zero attached hydrogens (tertiary/aromatic N) is 3. The summed E-state index contributed by atoms with van der Waals surface area (Å²) in [5.41, 5.74) is -0.483. The lowest BCUT2D eigenvalue weighted by molar-refractivity contribution is -0.147. The molecule has 0 amide bonds. The highest BCUT2D eigenvalue weighted by atomic mass is 18.4. The molecule has 5 aliphatic rings. The van der Waals surface area contributed by atoms with Crippen molar-refractivity contribution in [2.24, 2.45) is 60.3 Å².